The van der Waals surface area contributed by atoms with Gasteiger partial charge in [-0.1, -0.05) is 0 Å². The highest BCUT2D eigenvalue weighted by atomic mass is 19.1. The molecule has 0 aromatic heterocycles. The molecule has 78 valence electrons. The Balaban J connectivity index is 2.77. The van der Waals surface area contributed by atoms with E-state index in [-0.39, 0.29) is 5.75 Å². The van der Waals surface area contributed by atoms with Crippen LogP contribution in [-0.2, 0) is 0 Å². The number of aliphatic hydroxyl groups is 1. The molecule has 0 aliphatic heterocycles. The highest BCUT2D eigenvalue weighted by Gasteiger charge is 2.13. The van der Waals surface area contributed by atoms with Crippen molar-refractivity contribution in [1.29, 1.82) is 0 Å². The lowest BCUT2D eigenvalue weighted by Gasteiger charge is -2.17. The van der Waals surface area contributed by atoms with E-state index in [0.717, 1.165) is 12.1 Å². The van der Waals surface area contributed by atoms with E-state index >= 15 is 0 Å². The fraction of sp³-hybridized carbons (Fsp3) is 0.400. The minimum atomic E-state index is -0.766. The zero-order valence-electron chi connectivity index (χ0n) is 8.00. The van der Waals surface area contributed by atoms with E-state index in [9.17, 15) is 8.78 Å². The minimum Gasteiger partial charge on any atom is -0.485 e. The molecule has 0 amide bonds. The van der Waals surface area contributed by atoms with Crippen molar-refractivity contribution in [2.75, 3.05) is 0 Å². The van der Waals surface area contributed by atoms with Crippen LogP contribution in [0.25, 0.3) is 0 Å². The molecule has 0 bridgehead atoms. The second kappa shape index (κ2) is 4.37. The van der Waals surface area contributed by atoms with Crippen molar-refractivity contribution >= 4 is 0 Å². The average Bonchev–Trinajstić information content (AvgIpc) is 2.09. The standard InChI is InChI=1S/C10H12F2O2/c1-6(13)7(2)14-10-4-3-8(11)5-9(10)12/h3-7,13H,1-2H3/t6-,7?/m0/s1. The molecule has 2 atom stereocenters. The second-order valence-electron chi connectivity index (χ2n) is 3.14. The number of aliphatic hydroxyl groups excluding tert-OH is 1. The van der Waals surface area contributed by atoms with Crippen LogP contribution in [0.5, 0.6) is 5.75 Å². The molecule has 0 saturated carbocycles. The maximum Gasteiger partial charge on any atom is 0.167 e. The normalized spacial score (nSPS) is 14.9. The number of hydrogen-bond donors (Lipinski definition) is 1. The highest BCUT2D eigenvalue weighted by Crippen LogP contribution is 2.19. The largest absolute Gasteiger partial charge is 0.485 e. The summed E-state index contributed by atoms with van der Waals surface area (Å²) in [6.07, 6.45) is -1.24. The number of benzene rings is 1. The van der Waals surface area contributed by atoms with Crippen LogP contribution in [0.3, 0.4) is 0 Å². The van der Waals surface area contributed by atoms with Crippen LogP contribution in [0.15, 0.2) is 18.2 Å². The Kier molecular flexibility index (Phi) is 3.41. The van der Waals surface area contributed by atoms with Crippen molar-refractivity contribution in [3.63, 3.8) is 0 Å². The van der Waals surface area contributed by atoms with Crippen molar-refractivity contribution < 1.29 is 18.6 Å². The molecule has 1 unspecified atom stereocenters. The summed E-state index contributed by atoms with van der Waals surface area (Å²) in [6, 6.07) is 3.04. The van der Waals surface area contributed by atoms with E-state index in [2.05, 4.69) is 0 Å². The van der Waals surface area contributed by atoms with E-state index in [0.29, 0.717) is 0 Å². The van der Waals surface area contributed by atoms with Crippen LogP contribution in [0.1, 0.15) is 13.8 Å². The van der Waals surface area contributed by atoms with Crippen LogP contribution >= 0.6 is 0 Å². The van der Waals surface area contributed by atoms with Crippen LogP contribution in [0.2, 0.25) is 0 Å². The van der Waals surface area contributed by atoms with Gasteiger partial charge in [-0.15, -0.1) is 0 Å². The first-order valence-corrected chi connectivity index (χ1v) is 4.30. The van der Waals surface area contributed by atoms with Gasteiger partial charge in [0, 0.05) is 6.07 Å². The predicted molar refractivity (Wildman–Crippen MR) is 48.1 cm³/mol. The Morgan fingerprint density at radius 3 is 2.43 bits per heavy atom. The summed E-state index contributed by atoms with van der Waals surface area (Å²) in [5.74, 6) is -1.48. The molecule has 0 aliphatic carbocycles. The molecular weight excluding hydrogens is 190 g/mol. The molecule has 14 heavy (non-hydrogen) atoms. The van der Waals surface area contributed by atoms with Crippen molar-refractivity contribution in [1.82, 2.24) is 0 Å². The average molecular weight is 202 g/mol. The first-order valence-electron chi connectivity index (χ1n) is 4.30. The van der Waals surface area contributed by atoms with E-state index in [1.54, 1.807) is 6.92 Å². The molecule has 0 aliphatic rings. The first-order chi connectivity index (χ1) is 6.50. The highest BCUT2D eigenvalue weighted by molar-refractivity contribution is 5.24. The third kappa shape index (κ3) is 2.67. The van der Waals surface area contributed by atoms with Gasteiger partial charge in [-0.05, 0) is 26.0 Å². The maximum atomic E-state index is 13.0. The van der Waals surface area contributed by atoms with Crippen molar-refractivity contribution in [2.24, 2.45) is 0 Å². The fourth-order valence-electron chi connectivity index (χ4n) is 0.870. The summed E-state index contributed by atoms with van der Waals surface area (Å²) in [6.45, 7) is 3.14. The number of halogens is 2. The zero-order chi connectivity index (χ0) is 10.7. The smallest absolute Gasteiger partial charge is 0.167 e. The monoisotopic (exact) mass is 202 g/mol. The van der Waals surface area contributed by atoms with Gasteiger partial charge in [0.25, 0.3) is 0 Å². The topological polar surface area (TPSA) is 29.5 Å². The summed E-state index contributed by atoms with van der Waals surface area (Å²) < 4.78 is 30.6. The van der Waals surface area contributed by atoms with Gasteiger partial charge in [0.2, 0.25) is 0 Å². The number of hydrogen-bond acceptors (Lipinski definition) is 2. The molecule has 0 heterocycles. The molecule has 1 rings (SSSR count). The molecule has 0 saturated heterocycles. The molecule has 1 aromatic rings. The Labute approximate surface area is 81.1 Å². The van der Waals surface area contributed by atoms with E-state index in [1.165, 1.54) is 13.0 Å². The van der Waals surface area contributed by atoms with Gasteiger partial charge in [0.05, 0.1) is 6.10 Å². The van der Waals surface area contributed by atoms with Crippen molar-refractivity contribution in [3.8, 4) is 5.75 Å². The number of rotatable bonds is 3. The van der Waals surface area contributed by atoms with Crippen LogP contribution in [0.4, 0.5) is 8.78 Å². The minimum absolute atomic E-state index is 0.0557. The molecule has 0 fully saturated rings. The van der Waals surface area contributed by atoms with E-state index in [4.69, 9.17) is 9.84 Å². The molecular formula is C10H12F2O2. The number of ether oxygens (including phenoxy) is 1. The first kappa shape index (κ1) is 10.9. The molecule has 0 radical (unpaired) electrons. The van der Waals surface area contributed by atoms with Gasteiger partial charge in [-0.2, -0.15) is 0 Å². The SMILES string of the molecule is CC(Oc1ccc(F)cc1F)[C@H](C)O. The Morgan fingerprint density at radius 2 is 1.93 bits per heavy atom. The fourth-order valence-corrected chi connectivity index (χ4v) is 0.870. The van der Waals surface area contributed by atoms with E-state index < -0.39 is 23.8 Å². The van der Waals surface area contributed by atoms with Gasteiger partial charge in [0.1, 0.15) is 11.9 Å². The molecule has 4 heteroatoms. The third-order valence-corrected chi connectivity index (χ3v) is 1.89. The zero-order valence-corrected chi connectivity index (χ0v) is 8.00. The maximum absolute atomic E-state index is 13.0. The Hall–Kier alpha value is -1.16. The Bertz CT molecular complexity index is 313. The molecule has 2 nitrogen and oxygen atoms in total. The summed E-state index contributed by atoms with van der Waals surface area (Å²) in [4.78, 5) is 0. The molecule has 1 aromatic carbocycles. The molecule has 0 spiro atoms. The van der Waals surface area contributed by atoms with Gasteiger partial charge in [-0.3, -0.25) is 0 Å². The lowest BCUT2D eigenvalue weighted by Crippen LogP contribution is -2.25. The van der Waals surface area contributed by atoms with Crippen LogP contribution in [-0.4, -0.2) is 17.3 Å². The lowest BCUT2D eigenvalue weighted by atomic mass is 10.2. The summed E-state index contributed by atoms with van der Waals surface area (Å²) >= 11 is 0. The quantitative estimate of drug-likeness (QED) is 0.813. The van der Waals surface area contributed by atoms with Crippen molar-refractivity contribution in [2.45, 2.75) is 26.1 Å². The summed E-state index contributed by atoms with van der Waals surface area (Å²) in [5.41, 5.74) is 0. The van der Waals surface area contributed by atoms with Crippen LogP contribution in [0, 0.1) is 11.6 Å². The predicted octanol–water partition coefficient (Wildman–Crippen LogP) is 2.11. The van der Waals surface area contributed by atoms with Gasteiger partial charge in [0.15, 0.2) is 11.6 Å². The van der Waals surface area contributed by atoms with Gasteiger partial charge in [-0.25, -0.2) is 8.78 Å². The summed E-state index contributed by atoms with van der Waals surface area (Å²) in [5, 5.41) is 9.11. The van der Waals surface area contributed by atoms with Gasteiger partial charge < -0.3 is 9.84 Å². The molecule has 1 N–H and O–H groups in total. The van der Waals surface area contributed by atoms with Crippen LogP contribution < -0.4 is 4.74 Å². The second-order valence-corrected chi connectivity index (χ2v) is 3.14. The van der Waals surface area contributed by atoms with Gasteiger partial charge >= 0.3 is 0 Å². The lowest BCUT2D eigenvalue weighted by molar-refractivity contribution is 0.0578. The third-order valence-electron chi connectivity index (χ3n) is 1.89. The van der Waals surface area contributed by atoms with Crippen molar-refractivity contribution in [3.05, 3.63) is 29.8 Å². The van der Waals surface area contributed by atoms with E-state index in [1.807, 2.05) is 0 Å². The summed E-state index contributed by atoms with van der Waals surface area (Å²) in [7, 11) is 0. The Morgan fingerprint density at radius 1 is 1.29 bits per heavy atom.